The van der Waals surface area contributed by atoms with Crippen LogP contribution in [0.25, 0.3) is 0 Å². The van der Waals surface area contributed by atoms with Gasteiger partial charge in [-0.2, -0.15) is 0 Å². The average molecular weight is 383 g/mol. The summed E-state index contributed by atoms with van der Waals surface area (Å²) < 4.78 is 5.66. The van der Waals surface area contributed by atoms with Gasteiger partial charge in [0.1, 0.15) is 5.75 Å². The van der Waals surface area contributed by atoms with E-state index in [0.29, 0.717) is 23.4 Å². The number of carbonyl (C=O) groups is 2. The fraction of sp³-hybridized carbons (Fsp3) is 0.391. The highest BCUT2D eigenvalue weighted by molar-refractivity contribution is 6.04. The van der Waals surface area contributed by atoms with Crippen LogP contribution in [0.4, 0.5) is 5.69 Å². The highest BCUT2D eigenvalue weighted by Gasteiger charge is 2.15. The van der Waals surface area contributed by atoms with Gasteiger partial charge in [-0.1, -0.05) is 19.8 Å². The molecule has 0 aromatic heterocycles. The van der Waals surface area contributed by atoms with Crippen molar-refractivity contribution in [1.29, 1.82) is 0 Å². The van der Waals surface area contributed by atoms with Gasteiger partial charge in [0.05, 0.1) is 6.61 Å². The molecule has 0 heterocycles. The first-order valence-electron chi connectivity index (χ1n) is 9.75. The summed E-state index contributed by atoms with van der Waals surface area (Å²) in [5.74, 6) is 0.422. The molecule has 0 spiro atoms. The molecule has 5 heteroatoms. The third-order valence-electron chi connectivity index (χ3n) is 4.03. The molecule has 2 N–H and O–H groups in total. The van der Waals surface area contributed by atoms with Gasteiger partial charge in [-0.15, -0.1) is 0 Å². The lowest BCUT2D eigenvalue weighted by Gasteiger charge is -2.20. The monoisotopic (exact) mass is 382 g/mol. The second kappa shape index (κ2) is 9.93. The van der Waals surface area contributed by atoms with Gasteiger partial charge in [0.15, 0.2) is 0 Å². The molecule has 0 atom stereocenters. The first kappa shape index (κ1) is 21.5. The highest BCUT2D eigenvalue weighted by atomic mass is 16.5. The number of carbonyl (C=O) groups excluding carboxylic acids is 2. The van der Waals surface area contributed by atoms with E-state index in [9.17, 15) is 9.59 Å². The van der Waals surface area contributed by atoms with Crippen LogP contribution in [0.2, 0.25) is 0 Å². The van der Waals surface area contributed by atoms with Crippen LogP contribution in [0.3, 0.4) is 0 Å². The van der Waals surface area contributed by atoms with Crippen molar-refractivity contribution < 1.29 is 14.3 Å². The number of hydrogen-bond acceptors (Lipinski definition) is 3. The van der Waals surface area contributed by atoms with Crippen molar-refractivity contribution in [3.05, 3.63) is 59.7 Å². The van der Waals surface area contributed by atoms with Crippen molar-refractivity contribution in [2.24, 2.45) is 0 Å². The minimum Gasteiger partial charge on any atom is -0.494 e. The van der Waals surface area contributed by atoms with Crippen LogP contribution in [-0.4, -0.2) is 24.0 Å². The van der Waals surface area contributed by atoms with E-state index in [1.807, 2.05) is 20.8 Å². The summed E-state index contributed by atoms with van der Waals surface area (Å²) in [5.41, 5.74) is 1.45. The molecule has 2 aromatic carbocycles. The number of ether oxygens (including phenoxy) is 1. The SMILES string of the molecule is CCCCCOc1ccc(C(=O)Nc2ccc(C(=O)NC(C)(C)C)cc2)cc1. The highest BCUT2D eigenvalue weighted by Crippen LogP contribution is 2.16. The van der Waals surface area contributed by atoms with Gasteiger partial charge in [-0.05, 0) is 75.7 Å². The molecule has 0 aliphatic heterocycles. The van der Waals surface area contributed by atoms with Crippen LogP contribution < -0.4 is 15.4 Å². The Balaban J connectivity index is 1.91. The van der Waals surface area contributed by atoms with Gasteiger partial charge in [0.25, 0.3) is 11.8 Å². The minimum absolute atomic E-state index is 0.139. The number of anilines is 1. The number of benzene rings is 2. The number of hydrogen-bond donors (Lipinski definition) is 2. The van der Waals surface area contributed by atoms with E-state index in [0.717, 1.165) is 25.0 Å². The van der Waals surface area contributed by atoms with Gasteiger partial charge in [0, 0.05) is 22.4 Å². The Morgan fingerprint density at radius 1 is 0.857 bits per heavy atom. The van der Waals surface area contributed by atoms with Crippen LogP contribution in [0.1, 0.15) is 67.7 Å². The molecule has 0 radical (unpaired) electrons. The van der Waals surface area contributed by atoms with Crippen LogP contribution in [0.5, 0.6) is 5.75 Å². The molecule has 28 heavy (non-hydrogen) atoms. The second-order valence-corrected chi connectivity index (χ2v) is 7.82. The van der Waals surface area contributed by atoms with Crippen LogP contribution >= 0.6 is 0 Å². The summed E-state index contributed by atoms with van der Waals surface area (Å²) in [6, 6.07) is 13.9. The summed E-state index contributed by atoms with van der Waals surface area (Å²) >= 11 is 0. The van der Waals surface area contributed by atoms with Crippen LogP contribution in [0.15, 0.2) is 48.5 Å². The molecule has 0 fully saturated rings. The van der Waals surface area contributed by atoms with Gasteiger partial charge >= 0.3 is 0 Å². The van der Waals surface area contributed by atoms with Crippen molar-refractivity contribution in [2.75, 3.05) is 11.9 Å². The number of rotatable bonds is 8. The lowest BCUT2D eigenvalue weighted by molar-refractivity contribution is 0.0919. The number of unbranched alkanes of at least 4 members (excludes halogenated alkanes) is 2. The largest absolute Gasteiger partial charge is 0.494 e. The molecule has 2 amide bonds. The maximum atomic E-state index is 12.4. The normalized spacial score (nSPS) is 11.0. The van der Waals surface area contributed by atoms with Gasteiger partial charge in [-0.3, -0.25) is 9.59 Å². The van der Waals surface area contributed by atoms with E-state index < -0.39 is 0 Å². The fourth-order valence-electron chi connectivity index (χ4n) is 2.57. The summed E-state index contributed by atoms with van der Waals surface area (Å²) in [4.78, 5) is 24.5. The maximum absolute atomic E-state index is 12.4. The third-order valence-corrected chi connectivity index (χ3v) is 4.03. The molecule has 150 valence electrons. The zero-order chi connectivity index (χ0) is 20.6. The smallest absolute Gasteiger partial charge is 0.255 e. The van der Waals surface area contributed by atoms with Gasteiger partial charge < -0.3 is 15.4 Å². The lowest BCUT2D eigenvalue weighted by Crippen LogP contribution is -2.40. The summed E-state index contributed by atoms with van der Waals surface area (Å²) in [7, 11) is 0. The quantitative estimate of drug-likeness (QED) is 0.629. The minimum atomic E-state index is -0.296. The third kappa shape index (κ3) is 7.06. The summed E-state index contributed by atoms with van der Waals surface area (Å²) in [6.45, 7) is 8.64. The zero-order valence-corrected chi connectivity index (χ0v) is 17.2. The zero-order valence-electron chi connectivity index (χ0n) is 17.2. The van der Waals surface area contributed by atoms with Gasteiger partial charge in [-0.25, -0.2) is 0 Å². The molecule has 2 rings (SSSR count). The summed E-state index contributed by atoms with van der Waals surface area (Å²) in [5, 5.41) is 5.75. The Hall–Kier alpha value is -2.82. The average Bonchev–Trinajstić information content (AvgIpc) is 2.65. The van der Waals surface area contributed by atoms with E-state index in [4.69, 9.17) is 4.74 Å². The predicted molar refractivity (Wildman–Crippen MR) is 113 cm³/mol. The van der Waals surface area contributed by atoms with Crippen molar-refractivity contribution in [1.82, 2.24) is 5.32 Å². The standard InChI is InChI=1S/C23H30N2O3/c1-5-6-7-16-28-20-14-10-17(11-15-20)21(26)24-19-12-8-18(9-13-19)22(27)25-23(2,3)4/h8-15H,5-7,16H2,1-4H3,(H,24,26)(H,25,27). The Morgan fingerprint density at radius 3 is 2.00 bits per heavy atom. The molecule has 0 aliphatic rings. The topological polar surface area (TPSA) is 67.4 Å². The second-order valence-electron chi connectivity index (χ2n) is 7.82. The molecule has 0 unspecified atom stereocenters. The Bertz CT molecular complexity index is 775. The lowest BCUT2D eigenvalue weighted by atomic mass is 10.1. The van der Waals surface area contributed by atoms with Gasteiger partial charge in [0.2, 0.25) is 0 Å². The van der Waals surface area contributed by atoms with E-state index >= 15 is 0 Å². The van der Waals surface area contributed by atoms with Crippen molar-refractivity contribution in [3.8, 4) is 5.75 Å². The molecule has 0 bridgehead atoms. The fourth-order valence-corrected chi connectivity index (χ4v) is 2.57. The molecular formula is C23H30N2O3. The molecular weight excluding hydrogens is 352 g/mol. The maximum Gasteiger partial charge on any atom is 0.255 e. The molecule has 0 saturated carbocycles. The predicted octanol–water partition coefficient (Wildman–Crippen LogP) is 5.04. The molecule has 0 aliphatic carbocycles. The van der Waals surface area contributed by atoms with E-state index in [-0.39, 0.29) is 17.4 Å². The van der Waals surface area contributed by atoms with E-state index in [1.54, 1.807) is 48.5 Å². The Labute approximate surface area is 167 Å². The first-order chi connectivity index (χ1) is 13.3. The number of nitrogens with one attached hydrogen (secondary N) is 2. The van der Waals surface area contributed by atoms with Crippen molar-refractivity contribution in [3.63, 3.8) is 0 Å². The molecule has 5 nitrogen and oxygen atoms in total. The van der Waals surface area contributed by atoms with Crippen LogP contribution in [0, 0.1) is 0 Å². The molecule has 0 saturated heterocycles. The van der Waals surface area contributed by atoms with Crippen LogP contribution in [-0.2, 0) is 0 Å². The van der Waals surface area contributed by atoms with Crippen molar-refractivity contribution >= 4 is 17.5 Å². The van der Waals surface area contributed by atoms with Crippen molar-refractivity contribution in [2.45, 2.75) is 52.5 Å². The van der Waals surface area contributed by atoms with E-state index in [1.165, 1.54) is 0 Å². The van der Waals surface area contributed by atoms with E-state index in [2.05, 4.69) is 17.6 Å². The number of amides is 2. The summed E-state index contributed by atoms with van der Waals surface area (Å²) in [6.07, 6.45) is 3.34. The Kier molecular flexibility index (Phi) is 7.61. The first-order valence-corrected chi connectivity index (χ1v) is 9.75. The Morgan fingerprint density at radius 2 is 1.43 bits per heavy atom. The molecule has 2 aromatic rings.